The van der Waals surface area contributed by atoms with Crippen LogP contribution in [0.3, 0.4) is 0 Å². The second-order valence-corrected chi connectivity index (χ2v) is 6.57. The molecule has 20 heavy (non-hydrogen) atoms. The van der Waals surface area contributed by atoms with Crippen LogP contribution in [0.4, 0.5) is 0 Å². The molecule has 0 amide bonds. The molecular weight excluding hydrogens is 324 g/mol. The fourth-order valence-corrected chi connectivity index (χ4v) is 4.05. The van der Waals surface area contributed by atoms with Gasteiger partial charge in [0.25, 0.3) is 0 Å². The number of rotatable bonds is 2. The molecule has 2 aliphatic carbocycles. The van der Waals surface area contributed by atoms with E-state index < -0.39 is 10.8 Å². The summed E-state index contributed by atoms with van der Waals surface area (Å²) in [5, 5.41) is 0. The number of hydrogen-bond donors (Lipinski definition) is 0. The molecule has 1 saturated carbocycles. The fraction of sp³-hybridized carbons (Fsp3) is 0.600. The van der Waals surface area contributed by atoms with Crippen molar-refractivity contribution in [3.8, 4) is 0 Å². The molecule has 2 aliphatic rings. The van der Waals surface area contributed by atoms with E-state index in [1.54, 1.807) is 20.1 Å². The van der Waals surface area contributed by atoms with Crippen molar-refractivity contribution in [2.24, 2.45) is 10.8 Å². The lowest BCUT2D eigenvalue weighted by Crippen LogP contribution is -2.54. The normalized spacial score (nSPS) is 36.9. The molecular formula is C15H19BrO4. The molecule has 0 aromatic heterocycles. The standard InChI is InChI=1S/C15H19BrO4/c1-14-8-7-11(19-3)15(2,13(18)20-4)10(14)6-5-9(16)12(14)17/h5-6,11H,7-8H2,1-4H3/t11-,14-,15+/m0/s1. The first-order valence-corrected chi connectivity index (χ1v) is 7.36. The van der Waals surface area contributed by atoms with Crippen molar-refractivity contribution in [2.45, 2.75) is 32.8 Å². The van der Waals surface area contributed by atoms with Crippen LogP contribution in [0.5, 0.6) is 0 Å². The van der Waals surface area contributed by atoms with Gasteiger partial charge in [-0.15, -0.1) is 0 Å². The van der Waals surface area contributed by atoms with Gasteiger partial charge in [0, 0.05) is 7.11 Å². The topological polar surface area (TPSA) is 52.6 Å². The Bertz CT molecular complexity index is 522. The van der Waals surface area contributed by atoms with E-state index in [2.05, 4.69) is 15.9 Å². The van der Waals surface area contributed by atoms with Gasteiger partial charge in [-0.3, -0.25) is 9.59 Å². The number of allylic oxidation sites excluding steroid dienone is 3. The highest BCUT2D eigenvalue weighted by atomic mass is 79.9. The minimum Gasteiger partial charge on any atom is -0.468 e. The van der Waals surface area contributed by atoms with Crippen molar-refractivity contribution in [1.29, 1.82) is 0 Å². The minimum absolute atomic E-state index is 0.0136. The third-order valence-electron chi connectivity index (χ3n) is 4.71. The van der Waals surface area contributed by atoms with Gasteiger partial charge in [-0.05, 0) is 54.3 Å². The van der Waals surface area contributed by atoms with Crippen LogP contribution in [0.25, 0.3) is 0 Å². The first-order valence-electron chi connectivity index (χ1n) is 6.56. The van der Waals surface area contributed by atoms with Crippen LogP contribution in [0.15, 0.2) is 22.2 Å². The molecule has 2 rings (SSSR count). The molecule has 0 unspecified atom stereocenters. The van der Waals surface area contributed by atoms with Gasteiger partial charge in [0.05, 0.1) is 23.1 Å². The molecule has 0 aromatic rings. The van der Waals surface area contributed by atoms with Crippen LogP contribution >= 0.6 is 15.9 Å². The van der Waals surface area contributed by atoms with Gasteiger partial charge < -0.3 is 9.47 Å². The van der Waals surface area contributed by atoms with Crippen LogP contribution in [0.2, 0.25) is 0 Å². The maximum Gasteiger partial charge on any atom is 0.318 e. The molecule has 3 atom stereocenters. The van der Waals surface area contributed by atoms with E-state index in [4.69, 9.17) is 9.47 Å². The third kappa shape index (κ3) is 1.91. The zero-order valence-corrected chi connectivity index (χ0v) is 13.7. The summed E-state index contributed by atoms with van der Waals surface area (Å²) >= 11 is 3.29. The number of carbonyl (C=O) groups excluding carboxylic acids is 2. The van der Waals surface area contributed by atoms with Crippen LogP contribution < -0.4 is 0 Å². The van der Waals surface area contributed by atoms with Crippen LogP contribution in [-0.4, -0.2) is 32.1 Å². The molecule has 0 radical (unpaired) electrons. The molecule has 1 fully saturated rings. The zero-order valence-electron chi connectivity index (χ0n) is 12.2. The first-order chi connectivity index (χ1) is 9.32. The predicted octanol–water partition coefficient (Wildman–Crippen LogP) is 2.77. The van der Waals surface area contributed by atoms with E-state index in [1.807, 2.05) is 13.0 Å². The summed E-state index contributed by atoms with van der Waals surface area (Å²) in [6, 6.07) is 0. The van der Waals surface area contributed by atoms with Crippen LogP contribution in [0, 0.1) is 10.8 Å². The third-order valence-corrected chi connectivity index (χ3v) is 5.34. The monoisotopic (exact) mass is 342 g/mol. The van der Waals surface area contributed by atoms with E-state index in [9.17, 15) is 9.59 Å². The number of halogens is 1. The number of methoxy groups -OCH3 is 2. The van der Waals surface area contributed by atoms with Crippen molar-refractivity contribution in [3.63, 3.8) is 0 Å². The van der Waals surface area contributed by atoms with Gasteiger partial charge in [-0.1, -0.05) is 6.08 Å². The van der Waals surface area contributed by atoms with Crippen molar-refractivity contribution >= 4 is 27.7 Å². The van der Waals surface area contributed by atoms with Gasteiger partial charge in [0.15, 0.2) is 5.78 Å². The Hall–Kier alpha value is -0.940. The highest BCUT2D eigenvalue weighted by Crippen LogP contribution is 2.55. The number of ketones is 1. The highest BCUT2D eigenvalue weighted by molar-refractivity contribution is 9.12. The Balaban J connectivity index is 2.62. The molecule has 0 aliphatic heterocycles. The smallest absolute Gasteiger partial charge is 0.318 e. The second-order valence-electron chi connectivity index (χ2n) is 5.71. The summed E-state index contributed by atoms with van der Waals surface area (Å²) < 4.78 is 11.0. The number of hydrogen-bond acceptors (Lipinski definition) is 4. The largest absolute Gasteiger partial charge is 0.468 e. The predicted molar refractivity (Wildman–Crippen MR) is 78.4 cm³/mol. The van der Waals surface area contributed by atoms with E-state index in [-0.39, 0.29) is 17.9 Å². The van der Waals surface area contributed by atoms with Gasteiger partial charge in [-0.25, -0.2) is 0 Å². The van der Waals surface area contributed by atoms with E-state index >= 15 is 0 Å². The molecule has 0 N–H and O–H groups in total. The summed E-state index contributed by atoms with van der Waals surface area (Å²) in [7, 11) is 2.95. The van der Waals surface area contributed by atoms with Gasteiger partial charge in [0.2, 0.25) is 0 Å². The van der Waals surface area contributed by atoms with Crippen molar-refractivity contribution < 1.29 is 19.1 Å². The zero-order chi connectivity index (χ0) is 15.1. The average Bonchev–Trinajstić information content (AvgIpc) is 2.43. The lowest BCUT2D eigenvalue weighted by Gasteiger charge is -2.49. The summed E-state index contributed by atoms with van der Waals surface area (Å²) in [6.07, 6.45) is 4.58. The number of ether oxygens (including phenoxy) is 2. The average molecular weight is 343 g/mol. The molecule has 5 heteroatoms. The Morgan fingerprint density at radius 1 is 1.35 bits per heavy atom. The maximum atomic E-state index is 12.5. The number of esters is 1. The molecule has 110 valence electrons. The lowest BCUT2D eigenvalue weighted by molar-refractivity contribution is -0.161. The van der Waals surface area contributed by atoms with Crippen LogP contribution in [-0.2, 0) is 19.1 Å². The Kier molecular flexibility index (Phi) is 3.95. The Labute approximate surface area is 127 Å². The van der Waals surface area contributed by atoms with Gasteiger partial charge >= 0.3 is 5.97 Å². The molecule has 0 heterocycles. The van der Waals surface area contributed by atoms with Crippen molar-refractivity contribution in [3.05, 3.63) is 22.2 Å². The van der Waals surface area contributed by atoms with Crippen molar-refractivity contribution in [1.82, 2.24) is 0 Å². The minimum atomic E-state index is -0.934. The Morgan fingerprint density at radius 2 is 2.00 bits per heavy atom. The van der Waals surface area contributed by atoms with E-state index in [1.165, 1.54) is 7.11 Å². The van der Waals surface area contributed by atoms with Crippen molar-refractivity contribution in [2.75, 3.05) is 14.2 Å². The molecule has 0 saturated heterocycles. The van der Waals surface area contributed by atoms with E-state index in [0.717, 1.165) is 5.57 Å². The van der Waals surface area contributed by atoms with E-state index in [0.29, 0.717) is 17.3 Å². The molecule has 0 aromatic carbocycles. The highest BCUT2D eigenvalue weighted by Gasteiger charge is 2.58. The summed E-state index contributed by atoms with van der Waals surface area (Å²) in [5.74, 6) is -0.347. The lowest BCUT2D eigenvalue weighted by atomic mass is 9.55. The number of carbonyl (C=O) groups is 2. The molecule has 0 bridgehead atoms. The SMILES string of the molecule is COC(=O)[C@]1(C)C2=CC=C(Br)C(=O)[C@@]2(C)CC[C@@H]1OC. The summed E-state index contributed by atoms with van der Waals surface area (Å²) in [4.78, 5) is 24.9. The maximum absolute atomic E-state index is 12.5. The van der Waals surface area contributed by atoms with Gasteiger partial charge in [0.1, 0.15) is 5.41 Å². The number of Topliss-reactive ketones (excluding diaryl/α,β-unsaturated/α-hetero) is 1. The molecule has 0 spiro atoms. The summed E-state index contributed by atoms with van der Waals surface area (Å²) in [6.45, 7) is 3.69. The van der Waals surface area contributed by atoms with Crippen LogP contribution in [0.1, 0.15) is 26.7 Å². The number of fused-ring (bicyclic) bond motifs is 1. The first kappa shape index (κ1) is 15.4. The Morgan fingerprint density at radius 3 is 2.55 bits per heavy atom. The quantitative estimate of drug-likeness (QED) is 0.724. The second kappa shape index (κ2) is 5.11. The van der Waals surface area contributed by atoms with Gasteiger partial charge in [-0.2, -0.15) is 0 Å². The summed E-state index contributed by atoms with van der Waals surface area (Å²) in [5.41, 5.74) is -0.829. The fourth-order valence-electron chi connectivity index (χ4n) is 3.49. The molecule has 4 nitrogen and oxygen atoms in total.